The molecule has 0 saturated heterocycles. The fourth-order valence-corrected chi connectivity index (χ4v) is 6.91. The quantitative estimate of drug-likeness (QED) is 0.324. The average molecular weight is 502 g/mol. The summed E-state index contributed by atoms with van der Waals surface area (Å²) in [6.07, 6.45) is 0. The Kier molecular flexibility index (Phi) is 5.95. The molecule has 0 bridgehead atoms. The first kappa shape index (κ1) is 20.7. The maximum atomic E-state index is 12.9. The van der Waals surface area contributed by atoms with E-state index in [0.717, 1.165) is 21.5 Å². The standard InChI is InChI=1S/C21H17AsClN3O3S/c1-29-15-9-7-14(8-10-15)18-13-20(26-25-18)22-19-11-17(12-21(23)24-19)30(27,28)16-5-3-2-4-6-16/h2-13,22H,1H3,(H,25,26). The van der Waals surface area contributed by atoms with Crippen molar-refractivity contribution < 1.29 is 13.2 Å². The van der Waals surface area contributed by atoms with Gasteiger partial charge in [-0.2, -0.15) is 0 Å². The number of sulfone groups is 1. The zero-order valence-electron chi connectivity index (χ0n) is 15.8. The van der Waals surface area contributed by atoms with E-state index < -0.39 is 25.6 Å². The molecule has 1 unspecified atom stereocenters. The van der Waals surface area contributed by atoms with Gasteiger partial charge in [-0.25, -0.2) is 0 Å². The van der Waals surface area contributed by atoms with Crippen LogP contribution < -0.4 is 13.7 Å². The third-order valence-corrected chi connectivity index (χ3v) is 8.46. The Hall–Kier alpha value is -2.60. The van der Waals surface area contributed by atoms with Gasteiger partial charge in [0.05, 0.1) is 0 Å². The Balaban J connectivity index is 1.61. The topological polar surface area (TPSA) is 84.9 Å². The monoisotopic (exact) mass is 501 g/mol. The Morgan fingerprint density at radius 2 is 1.67 bits per heavy atom. The van der Waals surface area contributed by atoms with Crippen LogP contribution in [0.15, 0.2) is 82.6 Å². The van der Waals surface area contributed by atoms with Gasteiger partial charge in [-0.3, -0.25) is 0 Å². The van der Waals surface area contributed by atoms with Crippen molar-refractivity contribution in [2.75, 3.05) is 7.11 Å². The van der Waals surface area contributed by atoms with Crippen molar-refractivity contribution in [3.8, 4) is 17.0 Å². The molecule has 1 N–H and O–H groups in total. The zero-order chi connectivity index (χ0) is 21.1. The molecule has 0 amide bonds. The molecule has 2 aromatic carbocycles. The first-order valence-corrected chi connectivity index (χ1v) is 12.9. The van der Waals surface area contributed by atoms with E-state index in [9.17, 15) is 8.42 Å². The molecule has 2 aromatic heterocycles. The van der Waals surface area contributed by atoms with Gasteiger partial charge < -0.3 is 0 Å². The molecule has 0 saturated carbocycles. The van der Waals surface area contributed by atoms with Crippen LogP contribution in [0.3, 0.4) is 0 Å². The summed E-state index contributed by atoms with van der Waals surface area (Å²) in [7, 11) is -2.04. The molecule has 9 heteroatoms. The molecule has 4 rings (SSSR count). The molecular formula is C21H17AsClN3O3S. The molecule has 2 heterocycles. The number of nitrogens with one attached hydrogen (secondary N) is 1. The fraction of sp³-hybridized carbons (Fsp3) is 0.0476. The number of benzene rings is 2. The molecule has 0 fully saturated rings. The number of hydrogen-bond acceptors (Lipinski definition) is 5. The predicted octanol–water partition coefficient (Wildman–Crippen LogP) is 2.35. The van der Waals surface area contributed by atoms with Crippen molar-refractivity contribution in [2.45, 2.75) is 9.79 Å². The van der Waals surface area contributed by atoms with Gasteiger partial charge in [-0.05, 0) is 0 Å². The molecule has 152 valence electrons. The fourth-order valence-electron chi connectivity index (χ4n) is 2.86. The van der Waals surface area contributed by atoms with E-state index in [2.05, 4.69) is 15.2 Å². The molecule has 1 atom stereocenters. The second-order valence-corrected chi connectivity index (χ2v) is 11.4. The van der Waals surface area contributed by atoms with Crippen LogP contribution in [0, 0.1) is 0 Å². The third-order valence-electron chi connectivity index (χ3n) is 4.37. The zero-order valence-corrected chi connectivity index (χ0v) is 19.5. The van der Waals surface area contributed by atoms with Gasteiger partial charge in [-0.15, -0.1) is 0 Å². The van der Waals surface area contributed by atoms with E-state index in [4.69, 9.17) is 16.3 Å². The second-order valence-electron chi connectivity index (χ2n) is 6.35. The number of halogens is 1. The first-order chi connectivity index (χ1) is 14.5. The summed E-state index contributed by atoms with van der Waals surface area (Å²) in [6, 6.07) is 20.9. The van der Waals surface area contributed by atoms with Gasteiger partial charge >= 0.3 is 186 Å². The van der Waals surface area contributed by atoms with Gasteiger partial charge in [-0.1, -0.05) is 0 Å². The minimum absolute atomic E-state index is 0.137. The number of ether oxygens (including phenoxy) is 1. The van der Waals surface area contributed by atoms with Crippen LogP contribution in [0.5, 0.6) is 5.75 Å². The first-order valence-electron chi connectivity index (χ1n) is 8.90. The van der Waals surface area contributed by atoms with Gasteiger partial charge in [0.2, 0.25) is 0 Å². The van der Waals surface area contributed by atoms with E-state index in [1.165, 1.54) is 6.07 Å². The van der Waals surface area contributed by atoms with Gasteiger partial charge in [0.1, 0.15) is 0 Å². The SMILES string of the molecule is COc1ccc(-c2cc([AsH]c3cc(S(=O)(=O)c4ccccc4)cc(Cl)n3)n[nH]2)cc1. The maximum absolute atomic E-state index is 12.9. The number of methoxy groups -OCH3 is 1. The summed E-state index contributed by atoms with van der Waals surface area (Å²) < 4.78 is 32.5. The Morgan fingerprint density at radius 3 is 2.37 bits per heavy atom. The van der Waals surface area contributed by atoms with Gasteiger partial charge in [0.15, 0.2) is 0 Å². The van der Waals surface area contributed by atoms with Crippen molar-refractivity contribution in [2.24, 2.45) is 0 Å². The van der Waals surface area contributed by atoms with Crippen molar-refractivity contribution >= 4 is 46.2 Å². The molecule has 30 heavy (non-hydrogen) atoms. The molecule has 0 aliphatic rings. The number of aromatic amines is 1. The summed E-state index contributed by atoms with van der Waals surface area (Å²) in [6.45, 7) is 0. The van der Waals surface area contributed by atoms with E-state index >= 15 is 0 Å². The van der Waals surface area contributed by atoms with Gasteiger partial charge in [0, 0.05) is 0 Å². The molecule has 4 aromatic rings. The third kappa shape index (κ3) is 4.43. The number of pyridine rings is 1. The van der Waals surface area contributed by atoms with E-state index in [1.54, 1.807) is 43.5 Å². The van der Waals surface area contributed by atoms with Crippen LogP contribution >= 0.6 is 11.6 Å². The summed E-state index contributed by atoms with van der Waals surface area (Å²) >= 11 is 5.15. The molecule has 0 spiro atoms. The second kappa shape index (κ2) is 8.64. The molecule has 6 nitrogen and oxygen atoms in total. The molecule has 0 radical (unpaired) electrons. The van der Waals surface area contributed by atoms with E-state index in [0.29, 0.717) is 4.48 Å². The normalized spacial score (nSPS) is 11.8. The molecule has 0 aliphatic carbocycles. The van der Waals surface area contributed by atoms with Crippen molar-refractivity contribution in [1.29, 1.82) is 0 Å². The Morgan fingerprint density at radius 1 is 0.933 bits per heavy atom. The number of aromatic nitrogens is 3. The van der Waals surface area contributed by atoms with Gasteiger partial charge in [0.25, 0.3) is 0 Å². The van der Waals surface area contributed by atoms with Crippen LogP contribution in [0.1, 0.15) is 0 Å². The van der Waals surface area contributed by atoms with Crippen molar-refractivity contribution in [3.63, 3.8) is 0 Å². The van der Waals surface area contributed by atoms with Crippen LogP contribution in [-0.4, -0.2) is 46.5 Å². The summed E-state index contributed by atoms with van der Waals surface area (Å²) in [4.78, 5) is 4.69. The van der Waals surface area contributed by atoms with Crippen LogP contribution in [-0.2, 0) is 9.84 Å². The molecule has 0 aliphatic heterocycles. The predicted molar refractivity (Wildman–Crippen MR) is 118 cm³/mol. The number of H-pyrrole nitrogens is 1. The number of rotatable bonds is 6. The van der Waals surface area contributed by atoms with Crippen LogP contribution in [0.2, 0.25) is 5.15 Å². The van der Waals surface area contributed by atoms with Crippen LogP contribution in [0.25, 0.3) is 11.3 Å². The number of nitrogens with zero attached hydrogens (tertiary/aromatic N) is 2. The average Bonchev–Trinajstić information content (AvgIpc) is 3.22. The minimum atomic E-state index is -3.67. The Labute approximate surface area is 185 Å². The Bertz CT molecular complexity index is 1280. The summed E-state index contributed by atoms with van der Waals surface area (Å²) in [5, 5.41) is 7.55. The summed E-state index contributed by atoms with van der Waals surface area (Å²) in [5.74, 6) is 0.780. The van der Waals surface area contributed by atoms with E-state index in [1.807, 2.05) is 30.3 Å². The van der Waals surface area contributed by atoms with Crippen LogP contribution in [0.4, 0.5) is 0 Å². The van der Waals surface area contributed by atoms with E-state index in [-0.39, 0.29) is 14.9 Å². The van der Waals surface area contributed by atoms with Crippen molar-refractivity contribution in [1.82, 2.24) is 15.2 Å². The van der Waals surface area contributed by atoms with Crippen molar-refractivity contribution in [3.05, 3.63) is 77.9 Å². The number of hydrogen-bond donors (Lipinski definition) is 1. The summed E-state index contributed by atoms with van der Waals surface area (Å²) in [5.41, 5.74) is 1.85. The molecular weight excluding hydrogens is 485 g/mol.